The summed E-state index contributed by atoms with van der Waals surface area (Å²) in [5, 5.41) is 22.5. The fourth-order valence-electron chi connectivity index (χ4n) is 2.10. The molecule has 3 aromatic rings. The van der Waals surface area contributed by atoms with Gasteiger partial charge in [-0.1, -0.05) is 0 Å². The second kappa shape index (κ2) is 6.84. The largest absolute Gasteiger partial charge is 0.447 e. The van der Waals surface area contributed by atoms with Crippen LogP contribution in [0.2, 0.25) is 0 Å². The van der Waals surface area contributed by atoms with Gasteiger partial charge in [0, 0.05) is 18.1 Å². The van der Waals surface area contributed by atoms with Gasteiger partial charge >= 0.3 is 6.09 Å². The number of rotatable bonds is 4. The molecule has 3 rings (SSSR count). The summed E-state index contributed by atoms with van der Waals surface area (Å²) in [6, 6.07) is 8.98. The molecular weight excluding hydrogens is 322 g/mol. The van der Waals surface area contributed by atoms with Crippen LogP contribution in [0.1, 0.15) is 19.4 Å². The molecule has 0 saturated carbocycles. The monoisotopic (exact) mass is 337 g/mol. The van der Waals surface area contributed by atoms with Crippen LogP contribution in [-0.2, 0) is 4.74 Å². The highest BCUT2D eigenvalue weighted by molar-refractivity contribution is 5.83. The lowest BCUT2D eigenvalue weighted by Crippen LogP contribution is -2.19. The Kier molecular flexibility index (Phi) is 4.43. The SMILES string of the molecule is CC(C)OC(=O)Nc1nnc2c(Nc3ccc(C#N)cc3)nccn12. The first-order valence-corrected chi connectivity index (χ1v) is 7.51. The van der Waals surface area contributed by atoms with Crippen molar-refractivity contribution in [3.63, 3.8) is 0 Å². The van der Waals surface area contributed by atoms with E-state index in [0.717, 1.165) is 5.69 Å². The van der Waals surface area contributed by atoms with Crippen LogP contribution in [0, 0.1) is 11.3 Å². The van der Waals surface area contributed by atoms with Gasteiger partial charge in [0.05, 0.1) is 17.7 Å². The molecule has 0 aliphatic carbocycles. The maximum absolute atomic E-state index is 11.7. The Morgan fingerprint density at radius 1 is 1.28 bits per heavy atom. The molecule has 0 saturated heterocycles. The van der Waals surface area contributed by atoms with Crippen LogP contribution >= 0.6 is 0 Å². The van der Waals surface area contributed by atoms with Gasteiger partial charge in [-0.3, -0.25) is 9.72 Å². The van der Waals surface area contributed by atoms with Gasteiger partial charge in [-0.05, 0) is 38.1 Å². The molecule has 1 amide bonds. The zero-order valence-electron chi connectivity index (χ0n) is 13.6. The van der Waals surface area contributed by atoms with E-state index in [-0.39, 0.29) is 12.1 Å². The fraction of sp³-hybridized carbons (Fsp3) is 0.188. The smallest absolute Gasteiger partial charge is 0.414 e. The van der Waals surface area contributed by atoms with Gasteiger partial charge in [-0.25, -0.2) is 9.78 Å². The van der Waals surface area contributed by atoms with Crippen molar-refractivity contribution in [3.8, 4) is 6.07 Å². The molecular formula is C16H15N7O2. The highest BCUT2D eigenvalue weighted by Crippen LogP contribution is 2.20. The van der Waals surface area contributed by atoms with E-state index in [2.05, 4.69) is 31.9 Å². The molecule has 9 heteroatoms. The molecule has 9 nitrogen and oxygen atoms in total. The first kappa shape index (κ1) is 16.2. The molecule has 0 fully saturated rings. The van der Waals surface area contributed by atoms with E-state index in [9.17, 15) is 4.79 Å². The number of amides is 1. The van der Waals surface area contributed by atoms with Gasteiger partial charge in [0.2, 0.25) is 11.6 Å². The lowest BCUT2D eigenvalue weighted by Gasteiger charge is -2.09. The third kappa shape index (κ3) is 3.64. The molecule has 2 aromatic heterocycles. The Morgan fingerprint density at radius 2 is 2.04 bits per heavy atom. The Balaban J connectivity index is 1.85. The molecule has 0 bridgehead atoms. The molecule has 25 heavy (non-hydrogen) atoms. The van der Waals surface area contributed by atoms with Crippen LogP contribution in [0.5, 0.6) is 0 Å². The second-order valence-corrected chi connectivity index (χ2v) is 5.39. The highest BCUT2D eigenvalue weighted by Gasteiger charge is 2.14. The summed E-state index contributed by atoms with van der Waals surface area (Å²) in [6.07, 6.45) is 2.34. The number of hydrogen-bond acceptors (Lipinski definition) is 7. The van der Waals surface area contributed by atoms with Crippen LogP contribution in [0.4, 0.5) is 22.2 Å². The number of nitrogens with zero attached hydrogens (tertiary/aromatic N) is 5. The number of benzene rings is 1. The first-order chi connectivity index (χ1) is 12.1. The number of nitriles is 1. The summed E-state index contributed by atoms with van der Waals surface area (Å²) in [5.74, 6) is 0.691. The van der Waals surface area contributed by atoms with Crippen molar-refractivity contribution in [1.82, 2.24) is 19.6 Å². The van der Waals surface area contributed by atoms with Gasteiger partial charge < -0.3 is 10.1 Å². The van der Waals surface area contributed by atoms with E-state index < -0.39 is 6.09 Å². The average molecular weight is 337 g/mol. The van der Waals surface area contributed by atoms with E-state index in [0.29, 0.717) is 17.0 Å². The summed E-state index contributed by atoms with van der Waals surface area (Å²) in [5.41, 5.74) is 1.75. The van der Waals surface area contributed by atoms with Crippen molar-refractivity contribution in [3.05, 3.63) is 42.2 Å². The molecule has 126 valence electrons. The van der Waals surface area contributed by atoms with Crippen LogP contribution in [-0.4, -0.2) is 31.8 Å². The molecule has 0 atom stereocenters. The van der Waals surface area contributed by atoms with E-state index >= 15 is 0 Å². The molecule has 2 heterocycles. The van der Waals surface area contributed by atoms with Crippen LogP contribution in [0.15, 0.2) is 36.7 Å². The zero-order valence-corrected chi connectivity index (χ0v) is 13.6. The molecule has 0 aliphatic heterocycles. The number of carbonyl (C=O) groups excluding carboxylic acids is 1. The number of nitrogens with one attached hydrogen (secondary N) is 2. The minimum atomic E-state index is -0.609. The Morgan fingerprint density at radius 3 is 2.72 bits per heavy atom. The van der Waals surface area contributed by atoms with Crippen molar-refractivity contribution in [2.24, 2.45) is 0 Å². The number of hydrogen-bond donors (Lipinski definition) is 2. The summed E-state index contributed by atoms with van der Waals surface area (Å²) in [7, 11) is 0. The van der Waals surface area contributed by atoms with Crippen LogP contribution < -0.4 is 10.6 Å². The van der Waals surface area contributed by atoms with Crippen molar-refractivity contribution in [1.29, 1.82) is 5.26 Å². The predicted octanol–water partition coefficient (Wildman–Crippen LogP) is 2.70. The molecule has 1 aromatic carbocycles. The lowest BCUT2D eigenvalue weighted by atomic mass is 10.2. The van der Waals surface area contributed by atoms with Crippen molar-refractivity contribution < 1.29 is 9.53 Å². The van der Waals surface area contributed by atoms with Gasteiger partial charge in [-0.2, -0.15) is 5.26 Å². The molecule has 0 spiro atoms. The quantitative estimate of drug-likeness (QED) is 0.751. The zero-order chi connectivity index (χ0) is 17.8. The summed E-state index contributed by atoms with van der Waals surface area (Å²) in [4.78, 5) is 16.0. The van der Waals surface area contributed by atoms with E-state index in [4.69, 9.17) is 10.00 Å². The molecule has 2 N–H and O–H groups in total. The standard InChI is InChI=1S/C16H15N7O2/c1-10(2)25-16(24)20-15-22-21-14-13(18-7-8-23(14)15)19-12-5-3-11(9-17)4-6-12/h3-8,10H,1-2H3,(H,18,19)(H,20,22,24). The van der Waals surface area contributed by atoms with Crippen molar-refractivity contribution in [2.45, 2.75) is 20.0 Å². The maximum Gasteiger partial charge on any atom is 0.414 e. The minimum absolute atomic E-state index is 0.228. The Hall–Kier alpha value is -3.67. The summed E-state index contributed by atoms with van der Waals surface area (Å²) >= 11 is 0. The van der Waals surface area contributed by atoms with E-state index in [1.54, 1.807) is 54.9 Å². The minimum Gasteiger partial charge on any atom is -0.447 e. The lowest BCUT2D eigenvalue weighted by molar-refractivity contribution is 0.129. The highest BCUT2D eigenvalue weighted by atomic mass is 16.6. The molecule has 0 aliphatic rings. The maximum atomic E-state index is 11.7. The number of carbonyl (C=O) groups is 1. The fourth-order valence-corrected chi connectivity index (χ4v) is 2.10. The van der Waals surface area contributed by atoms with E-state index in [1.165, 1.54) is 0 Å². The normalized spacial score (nSPS) is 10.5. The Bertz CT molecular complexity index is 941. The van der Waals surface area contributed by atoms with Gasteiger partial charge in [0.1, 0.15) is 0 Å². The number of fused-ring (bicyclic) bond motifs is 1. The van der Waals surface area contributed by atoms with Gasteiger partial charge in [0.15, 0.2) is 5.82 Å². The third-order valence-electron chi connectivity index (χ3n) is 3.16. The van der Waals surface area contributed by atoms with Gasteiger partial charge in [-0.15, -0.1) is 10.2 Å². The topological polar surface area (TPSA) is 117 Å². The number of aromatic nitrogens is 4. The summed E-state index contributed by atoms with van der Waals surface area (Å²) < 4.78 is 6.62. The molecule has 0 radical (unpaired) electrons. The third-order valence-corrected chi connectivity index (χ3v) is 3.16. The van der Waals surface area contributed by atoms with Crippen molar-refractivity contribution >= 4 is 29.2 Å². The Labute approximate surface area is 143 Å². The van der Waals surface area contributed by atoms with Crippen LogP contribution in [0.25, 0.3) is 5.65 Å². The van der Waals surface area contributed by atoms with Crippen LogP contribution in [0.3, 0.4) is 0 Å². The number of anilines is 3. The number of ether oxygens (including phenoxy) is 1. The second-order valence-electron chi connectivity index (χ2n) is 5.39. The molecule has 0 unspecified atom stereocenters. The first-order valence-electron chi connectivity index (χ1n) is 7.51. The van der Waals surface area contributed by atoms with E-state index in [1.807, 2.05) is 0 Å². The van der Waals surface area contributed by atoms with Gasteiger partial charge in [0.25, 0.3) is 0 Å². The van der Waals surface area contributed by atoms with Crippen molar-refractivity contribution in [2.75, 3.05) is 10.6 Å². The summed E-state index contributed by atoms with van der Waals surface area (Å²) in [6.45, 7) is 3.51. The average Bonchev–Trinajstić information content (AvgIpc) is 2.99. The predicted molar refractivity (Wildman–Crippen MR) is 90.5 cm³/mol.